The van der Waals surface area contributed by atoms with Gasteiger partial charge in [0, 0.05) is 25.4 Å². The second-order valence-electron chi connectivity index (χ2n) is 5.57. The van der Waals surface area contributed by atoms with Crippen molar-refractivity contribution in [2.45, 2.75) is 26.8 Å². The molecule has 2 aromatic rings. The molecule has 0 aliphatic carbocycles. The van der Waals surface area contributed by atoms with Gasteiger partial charge >= 0.3 is 0 Å². The van der Waals surface area contributed by atoms with Crippen molar-refractivity contribution in [3.05, 3.63) is 54.0 Å². The van der Waals surface area contributed by atoms with E-state index in [0.29, 0.717) is 13.0 Å². The van der Waals surface area contributed by atoms with E-state index in [-0.39, 0.29) is 29.2 Å². The molecule has 0 bridgehead atoms. The Bertz CT molecular complexity index is 671. The molecule has 2 amide bonds. The summed E-state index contributed by atoms with van der Waals surface area (Å²) in [5.74, 6) is -0.148. The summed E-state index contributed by atoms with van der Waals surface area (Å²) < 4.78 is 0. The first-order valence-corrected chi connectivity index (χ1v) is 7.49. The maximum Gasteiger partial charge on any atom is 0.274 e. The summed E-state index contributed by atoms with van der Waals surface area (Å²) in [6.07, 6.45) is 3.23. The third-order valence-corrected chi connectivity index (χ3v) is 3.06. The number of nitrogens with zero attached hydrogens (tertiary/aromatic N) is 2. The highest BCUT2D eigenvalue weighted by Gasteiger charge is 2.16. The summed E-state index contributed by atoms with van der Waals surface area (Å²) in [5, 5.41) is 5.42. The quantitative estimate of drug-likeness (QED) is 0.858. The number of aromatic nitrogens is 2. The number of benzene rings is 1. The largest absolute Gasteiger partial charge is 0.347 e. The monoisotopic (exact) mass is 312 g/mol. The van der Waals surface area contributed by atoms with Crippen LogP contribution in [0.25, 0.3) is 0 Å². The first kappa shape index (κ1) is 16.6. The summed E-state index contributed by atoms with van der Waals surface area (Å²) in [5.41, 5.74) is 1.09. The molecule has 1 heterocycles. The van der Waals surface area contributed by atoms with Crippen LogP contribution < -0.4 is 10.6 Å². The Morgan fingerprint density at radius 2 is 1.78 bits per heavy atom. The molecule has 120 valence electrons. The minimum absolute atomic E-state index is 0.112. The Hall–Kier alpha value is -2.76. The molecule has 0 aliphatic rings. The summed E-state index contributed by atoms with van der Waals surface area (Å²) in [4.78, 5) is 32.2. The predicted octanol–water partition coefficient (Wildman–Crippen LogP) is 2.39. The van der Waals surface area contributed by atoms with Gasteiger partial charge in [0.1, 0.15) is 0 Å². The van der Waals surface area contributed by atoms with E-state index >= 15 is 0 Å². The van der Waals surface area contributed by atoms with Crippen LogP contribution in [-0.2, 0) is 11.3 Å². The van der Waals surface area contributed by atoms with Gasteiger partial charge in [-0.05, 0) is 11.5 Å². The molecule has 6 nitrogen and oxygen atoms in total. The van der Waals surface area contributed by atoms with E-state index in [1.165, 1.54) is 12.4 Å². The fraction of sp³-hybridized carbons (Fsp3) is 0.294. The van der Waals surface area contributed by atoms with Gasteiger partial charge in [-0.2, -0.15) is 0 Å². The Balaban J connectivity index is 2.04. The zero-order valence-electron chi connectivity index (χ0n) is 13.2. The van der Waals surface area contributed by atoms with E-state index in [0.717, 1.165) is 5.56 Å². The van der Waals surface area contributed by atoms with Gasteiger partial charge in [-0.1, -0.05) is 44.2 Å². The van der Waals surface area contributed by atoms with Crippen molar-refractivity contribution in [2.24, 2.45) is 5.92 Å². The maximum absolute atomic E-state index is 12.3. The molecule has 0 unspecified atom stereocenters. The second kappa shape index (κ2) is 8.03. The van der Waals surface area contributed by atoms with Gasteiger partial charge < -0.3 is 10.6 Å². The van der Waals surface area contributed by atoms with Gasteiger partial charge in [-0.25, -0.2) is 9.97 Å². The molecule has 1 aromatic carbocycles. The summed E-state index contributed by atoms with van der Waals surface area (Å²) in [7, 11) is 0. The van der Waals surface area contributed by atoms with Crippen molar-refractivity contribution >= 4 is 17.6 Å². The minimum atomic E-state index is -0.373. The molecule has 2 N–H and O–H groups in total. The second-order valence-corrected chi connectivity index (χ2v) is 5.57. The SMILES string of the molecule is CC(C)CC(=O)Nc1nccnc1C(=O)NCc1ccccc1. The number of carbonyl (C=O) groups is 2. The van der Waals surface area contributed by atoms with Crippen LogP contribution in [0.5, 0.6) is 0 Å². The predicted molar refractivity (Wildman–Crippen MR) is 87.7 cm³/mol. The average molecular weight is 312 g/mol. The van der Waals surface area contributed by atoms with Gasteiger partial charge in [0.25, 0.3) is 5.91 Å². The molecule has 2 rings (SSSR count). The number of hydrogen-bond acceptors (Lipinski definition) is 4. The number of anilines is 1. The molecule has 0 saturated carbocycles. The standard InChI is InChI=1S/C17H20N4O2/c1-12(2)10-14(22)21-16-15(18-8-9-19-16)17(23)20-11-13-6-4-3-5-7-13/h3-9,12H,10-11H2,1-2H3,(H,20,23)(H,19,21,22). The van der Waals surface area contributed by atoms with E-state index in [4.69, 9.17) is 0 Å². The molecular formula is C17H20N4O2. The Kier molecular flexibility index (Phi) is 5.80. The third kappa shape index (κ3) is 5.18. The third-order valence-electron chi connectivity index (χ3n) is 3.06. The fourth-order valence-electron chi connectivity index (χ4n) is 2.01. The van der Waals surface area contributed by atoms with E-state index in [1.54, 1.807) is 0 Å². The highest BCUT2D eigenvalue weighted by atomic mass is 16.2. The molecule has 0 radical (unpaired) electrons. The smallest absolute Gasteiger partial charge is 0.274 e. The fourth-order valence-corrected chi connectivity index (χ4v) is 2.01. The molecule has 23 heavy (non-hydrogen) atoms. The van der Waals surface area contributed by atoms with Crippen molar-refractivity contribution in [3.63, 3.8) is 0 Å². The lowest BCUT2D eigenvalue weighted by atomic mass is 10.1. The Morgan fingerprint density at radius 3 is 2.48 bits per heavy atom. The lowest BCUT2D eigenvalue weighted by Gasteiger charge is -2.10. The van der Waals surface area contributed by atoms with Crippen LogP contribution in [-0.4, -0.2) is 21.8 Å². The first-order valence-electron chi connectivity index (χ1n) is 7.49. The molecular weight excluding hydrogens is 292 g/mol. The van der Waals surface area contributed by atoms with Crippen molar-refractivity contribution in [1.29, 1.82) is 0 Å². The topological polar surface area (TPSA) is 84.0 Å². The normalized spacial score (nSPS) is 10.4. The average Bonchev–Trinajstić information content (AvgIpc) is 2.53. The summed E-state index contributed by atoms with van der Waals surface area (Å²) in [6.45, 7) is 4.28. The van der Waals surface area contributed by atoms with Crippen molar-refractivity contribution in [3.8, 4) is 0 Å². The zero-order valence-corrected chi connectivity index (χ0v) is 13.2. The summed E-state index contributed by atoms with van der Waals surface area (Å²) in [6, 6.07) is 9.56. The summed E-state index contributed by atoms with van der Waals surface area (Å²) >= 11 is 0. The highest BCUT2D eigenvalue weighted by Crippen LogP contribution is 2.10. The van der Waals surface area contributed by atoms with E-state index < -0.39 is 0 Å². The van der Waals surface area contributed by atoms with Gasteiger partial charge in [-0.15, -0.1) is 0 Å². The van der Waals surface area contributed by atoms with Crippen LogP contribution in [0, 0.1) is 5.92 Å². The van der Waals surface area contributed by atoms with Crippen LogP contribution in [0.3, 0.4) is 0 Å². The van der Waals surface area contributed by atoms with E-state index in [9.17, 15) is 9.59 Å². The Morgan fingerprint density at radius 1 is 1.09 bits per heavy atom. The number of carbonyl (C=O) groups excluding carboxylic acids is 2. The van der Waals surface area contributed by atoms with Crippen molar-refractivity contribution < 1.29 is 9.59 Å². The van der Waals surface area contributed by atoms with E-state index in [1.807, 2.05) is 44.2 Å². The van der Waals surface area contributed by atoms with Crippen molar-refractivity contribution in [2.75, 3.05) is 5.32 Å². The van der Waals surface area contributed by atoms with Gasteiger partial charge in [0.05, 0.1) is 0 Å². The molecule has 0 fully saturated rings. The molecule has 0 aliphatic heterocycles. The molecule has 6 heteroatoms. The molecule has 0 atom stereocenters. The Labute approximate surface area is 135 Å². The zero-order chi connectivity index (χ0) is 16.7. The van der Waals surface area contributed by atoms with Gasteiger partial charge in [-0.3, -0.25) is 9.59 Å². The van der Waals surface area contributed by atoms with Crippen LogP contribution in [0.2, 0.25) is 0 Å². The number of amides is 2. The maximum atomic E-state index is 12.3. The molecule has 1 aromatic heterocycles. The van der Waals surface area contributed by atoms with Crippen LogP contribution >= 0.6 is 0 Å². The number of rotatable bonds is 6. The molecule has 0 saturated heterocycles. The first-order chi connectivity index (χ1) is 11.1. The lowest BCUT2D eigenvalue weighted by Crippen LogP contribution is -2.26. The number of nitrogens with one attached hydrogen (secondary N) is 2. The van der Waals surface area contributed by atoms with Crippen LogP contribution in [0.15, 0.2) is 42.7 Å². The van der Waals surface area contributed by atoms with Crippen molar-refractivity contribution in [1.82, 2.24) is 15.3 Å². The minimum Gasteiger partial charge on any atom is -0.347 e. The molecule has 0 spiro atoms. The van der Waals surface area contributed by atoms with Crippen LogP contribution in [0.1, 0.15) is 36.3 Å². The number of hydrogen-bond donors (Lipinski definition) is 2. The van der Waals surface area contributed by atoms with Crippen LogP contribution in [0.4, 0.5) is 5.82 Å². The van der Waals surface area contributed by atoms with Gasteiger partial charge in [0.15, 0.2) is 11.5 Å². The van der Waals surface area contributed by atoms with E-state index in [2.05, 4.69) is 20.6 Å². The van der Waals surface area contributed by atoms with Gasteiger partial charge in [0.2, 0.25) is 5.91 Å². The lowest BCUT2D eigenvalue weighted by molar-refractivity contribution is -0.116. The highest BCUT2D eigenvalue weighted by molar-refractivity contribution is 6.01.